The molecule has 2 aromatic carbocycles. The van der Waals surface area contributed by atoms with Crippen molar-refractivity contribution in [1.29, 1.82) is 0 Å². The van der Waals surface area contributed by atoms with Gasteiger partial charge in [-0.2, -0.15) is 5.53 Å². The lowest BCUT2D eigenvalue weighted by atomic mass is 10.2. The van der Waals surface area contributed by atoms with Crippen LogP contribution in [0.5, 0.6) is 0 Å². The predicted molar refractivity (Wildman–Crippen MR) is 102 cm³/mol. The van der Waals surface area contributed by atoms with Gasteiger partial charge in [-0.25, -0.2) is 10.9 Å². The summed E-state index contributed by atoms with van der Waals surface area (Å²) in [5, 5.41) is 6.88. The van der Waals surface area contributed by atoms with Gasteiger partial charge in [0.2, 0.25) is 5.91 Å². The number of halogens is 1. The third kappa shape index (κ3) is 4.87. The molecule has 6 nitrogen and oxygen atoms in total. The van der Waals surface area contributed by atoms with Crippen LogP contribution in [0.3, 0.4) is 0 Å². The van der Waals surface area contributed by atoms with Crippen LogP contribution in [-0.4, -0.2) is 24.4 Å². The van der Waals surface area contributed by atoms with Crippen molar-refractivity contribution in [3.8, 4) is 0 Å². The maximum Gasteiger partial charge on any atom is 0.242 e. The third-order valence-electron chi connectivity index (χ3n) is 3.86. The zero-order valence-electron chi connectivity index (χ0n) is 13.7. The highest BCUT2D eigenvalue weighted by Crippen LogP contribution is 2.16. The van der Waals surface area contributed by atoms with Gasteiger partial charge in [-0.05, 0) is 48.2 Å². The van der Waals surface area contributed by atoms with Crippen LogP contribution in [-0.2, 0) is 11.3 Å². The number of benzene rings is 2. The second-order valence-electron chi connectivity index (χ2n) is 5.59. The maximum atomic E-state index is 12.5. The van der Waals surface area contributed by atoms with Crippen molar-refractivity contribution in [3.05, 3.63) is 59.1 Å². The summed E-state index contributed by atoms with van der Waals surface area (Å²) < 4.78 is 0. The molecule has 0 aromatic heterocycles. The summed E-state index contributed by atoms with van der Waals surface area (Å²) in [6.07, 6.45) is 1.75. The largest absolute Gasteiger partial charge is 0.367 e. The Bertz CT molecular complexity index is 710. The van der Waals surface area contributed by atoms with Crippen molar-refractivity contribution in [2.75, 3.05) is 11.6 Å². The lowest BCUT2D eigenvalue weighted by Crippen LogP contribution is -2.50. The molecular weight excluding hydrogens is 358 g/mol. The molecule has 2 aromatic rings. The van der Waals surface area contributed by atoms with E-state index in [-0.39, 0.29) is 12.1 Å². The average Bonchev–Trinajstić information content (AvgIpc) is 3.10. The van der Waals surface area contributed by atoms with E-state index in [1.807, 2.05) is 42.7 Å². The summed E-state index contributed by atoms with van der Waals surface area (Å²) in [6.45, 7) is 0.485. The minimum Gasteiger partial charge on any atom is -0.367 e. The van der Waals surface area contributed by atoms with Gasteiger partial charge in [0.25, 0.3) is 0 Å². The van der Waals surface area contributed by atoms with Crippen LogP contribution < -0.4 is 27.0 Å². The smallest absolute Gasteiger partial charge is 0.242 e. The van der Waals surface area contributed by atoms with Crippen LogP contribution in [0.4, 0.5) is 5.69 Å². The van der Waals surface area contributed by atoms with E-state index < -0.39 is 6.04 Å². The van der Waals surface area contributed by atoms with E-state index in [0.717, 1.165) is 11.3 Å². The van der Waals surface area contributed by atoms with Gasteiger partial charge in [-0.3, -0.25) is 4.79 Å². The highest BCUT2D eigenvalue weighted by Gasteiger charge is 2.32. The lowest BCUT2D eigenvalue weighted by molar-refractivity contribution is -0.123. The number of nitrogens with one attached hydrogen (secondary N) is 5. The molecule has 8 heteroatoms. The van der Waals surface area contributed by atoms with Gasteiger partial charge in [-0.1, -0.05) is 23.7 Å². The molecule has 2 unspecified atom stereocenters. The van der Waals surface area contributed by atoms with E-state index in [2.05, 4.69) is 27.0 Å². The quantitative estimate of drug-likeness (QED) is 0.496. The molecule has 0 radical (unpaired) electrons. The number of hydrogen-bond donors (Lipinski definition) is 5. The molecule has 132 valence electrons. The van der Waals surface area contributed by atoms with Crippen LogP contribution >= 0.6 is 23.4 Å². The molecular formula is C17H20ClN5OS. The maximum absolute atomic E-state index is 12.5. The Balaban J connectivity index is 1.55. The molecule has 0 bridgehead atoms. The summed E-state index contributed by atoms with van der Waals surface area (Å²) in [5.74, 6) is -0.0992. The van der Waals surface area contributed by atoms with Gasteiger partial charge in [0.1, 0.15) is 12.2 Å². The van der Waals surface area contributed by atoms with Crippen LogP contribution in [0, 0.1) is 0 Å². The van der Waals surface area contributed by atoms with Crippen molar-refractivity contribution in [1.82, 2.24) is 21.7 Å². The number of hydrogen-bond acceptors (Lipinski definition) is 6. The monoisotopic (exact) mass is 377 g/mol. The normalized spacial score (nSPS) is 19.6. The molecule has 25 heavy (non-hydrogen) atoms. The number of carbonyl (C=O) groups excluding carboxylic acids is 1. The minimum atomic E-state index is -0.457. The number of hydrazine groups is 2. The molecule has 2 atom stereocenters. The summed E-state index contributed by atoms with van der Waals surface area (Å²) in [4.78, 5) is 13.7. The molecule has 0 spiro atoms. The fourth-order valence-corrected chi connectivity index (χ4v) is 3.00. The number of rotatable bonds is 6. The minimum absolute atomic E-state index is 0.0992. The molecule has 1 heterocycles. The van der Waals surface area contributed by atoms with E-state index in [0.29, 0.717) is 11.6 Å². The van der Waals surface area contributed by atoms with E-state index in [1.165, 1.54) is 4.90 Å². The van der Waals surface area contributed by atoms with Crippen molar-refractivity contribution in [2.45, 2.75) is 23.6 Å². The first-order chi connectivity index (χ1) is 12.2. The lowest BCUT2D eigenvalue weighted by Gasteiger charge is -2.20. The molecule has 3 rings (SSSR count). The Morgan fingerprint density at radius 2 is 1.84 bits per heavy atom. The zero-order valence-corrected chi connectivity index (χ0v) is 15.2. The number of amides is 1. The molecule has 1 aliphatic heterocycles. The van der Waals surface area contributed by atoms with Crippen LogP contribution in [0.15, 0.2) is 53.4 Å². The van der Waals surface area contributed by atoms with Crippen molar-refractivity contribution in [3.63, 3.8) is 0 Å². The molecule has 1 amide bonds. The molecule has 0 saturated carbocycles. The Morgan fingerprint density at radius 3 is 2.52 bits per heavy atom. The first-order valence-electron chi connectivity index (χ1n) is 7.84. The van der Waals surface area contributed by atoms with Crippen molar-refractivity contribution >= 4 is 35.0 Å². The van der Waals surface area contributed by atoms with E-state index in [9.17, 15) is 4.79 Å². The fourth-order valence-electron chi connectivity index (χ4n) is 2.47. The topological polar surface area (TPSA) is 77.2 Å². The van der Waals surface area contributed by atoms with E-state index in [1.54, 1.807) is 23.9 Å². The van der Waals surface area contributed by atoms with Gasteiger partial charge in [0.15, 0.2) is 0 Å². The second kappa shape index (κ2) is 8.55. The first kappa shape index (κ1) is 18.0. The summed E-state index contributed by atoms with van der Waals surface area (Å²) in [5.41, 5.74) is 10.7. The summed E-state index contributed by atoms with van der Waals surface area (Å²) in [6, 6.07) is 15.0. The molecule has 0 aliphatic carbocycles. The highest BCUT2D eigenvalue weighted by molar-refractivity contribution is 7.98. The van der Waals surface area contributed by atoms with Crippen LogP contribution in [0.1, 0.15) is 5.56 Å². The SMILES string of the molecule is CSc1ccc(CNC(=O)C2NNNC2Nc2ccc(Cl)cc2)cc1. The first-order valence-corrected chi connectivity index (χ1v) is 9.45. The van der Waals surface area contributed by atoms with Gasteiger partial charge in [0, 0.05) is 22.2 Å². The Morgan fingerprint density at radius 1 is 1.12 bits per heavy atom. The van der Waals surface area contributed by atoms with Crippen LogP contribution in [0.2, 0.25) is 5.02 Å². The predicted octanol–water partition coefficient (Wildman–Crippen LogP) is 2.10. The standard InChI is InChI=1S/C17H20ClN5OS/c1-25-14-8-2-11(3-9-14)10-19-17(24)15-16(22-23-21-15)20-13-6-4-12(18)5-7-13/h2-9,15-16,20-23H,10H2,1H3,(H,19,24). The Kier molecular flexibility index (Phi) is 6.17. The number of carbonyl (C=O) groups is 1. The van der Waals surface area contributed by atoms with Gasteiger partial charge in [-0.15, -0.1) is 11.8 Å². The third-order valence-corrected chi connectivity index (χ3v) is 4.86. The van der Waals surface area contributed by atoms with E-state index in [4.69, 9.17) is 11.6 Å². The molecule has 5 N–H and O–H groups in total. The van der Waals surface area contributed by atoms with Crippen LogP contribution in [0.25, 0.3) is 0 Å². The van der Waals surface area contributed by atoms with Gasteiger partial charge in [0.05, 0.1) is 0 Å². The van der Waals surface area contributed by atoms with Gasteiger partial charge < -0.3 is 10.6 Å². The molecule has 1 aliphatic rings. The fraction of sp³-hybridized carbons (Fsp3) is 0.235. The molecule has 1 fully saturated rings. The van der Waals surface area contributed by atoms with E-state index >= 15 is 0 Å². The highest BCUT2D eigenvalue weighted by atomic mass is 35.5. The van der Waals surface area contributed by atoms with Gasteiger partial charge >= 0.3 is 0 Å². The Hall–Kier alpha value is -1.77. The molecule has 1 saturated heterocycles. The summed E-state index contributed by atoms with van der Waals surface area (Å²) in [7, 11) is 0. The average molecular weight is 378 g/mol. The zero-order chi connectivity index (χ0) is 17.6. The number of thioether (sulfide) groups is 1. The van der Waals surface area contributed by atoms with Crippen molar-refractivity contribution < 1.29 is 4.79 Å². The summed E-state index contributed by atoms with van der Waals surface area (Å²) >= 11 is 7.59. The Labute approximate surface area is 156 Å². The second-order valence-corrected chi connectivity index (χ2v) is 6.90. The van der Waals surface area contributed by atoms with Crippen molar-refractivity contribution in [2.24, 2.45) is 0 Å². The number of anilines is 1.